The lowest BCUT2D eigenvalue weighted by molar-refractivity contribution is 0.0221. The van der Waals surface area contributed by atoms with Crippen molar-refractivity contribution in [2.24, 2.45) is 0 Å². The zero-order valence-corrected chi connectivity index (χ0v) is 14.4. The molecule has 3 heterocycles. The van der Waals surface area contributed by atoms with Crippen LogP contribution < -0.4 is 0 Å². The lowest BCUT2D eigenvalue weighted by Gasteiger charge is -2.36. The number of fused-ring (bicyclic) bond motifs is 1. The summed E-state index contributed by atoms with van der Waals surface area (Å²) in [6.07, 6.45) is 1.08. The molecule has 0 N–H and O–H groups in total. The first kappa shape index (κ1) is 15.9. The lowest BCUT2D eigenvalue weighted by Crippen LogP contribution is -2.47. The van der Waals surface area contributed by atoms with Crippen LogP contribution in [0.5, 0.6) is 0 Å². The van der Waals surface area contributed by atoms with Gasteiger partial charge in [0.15, 0.2) is 0 Å². The molecule has 0 spiro atoms. The van der Waals surface area contributed by atoms with E-state index in [4.69, 9.17) is 9.15 Å². The first-order valence-corrected chi connectivity index (χ1v) is 9.01. The van der Waals surface area contributed by atoms with Crippen LogP contribution in [-0.4, -0.2) is 55.2 Å². The fourth-order valence-corrected chi connectivity index (χ4v) is 3.73. The highest BCUT2D eigenvalue weighted by molar-refractivity contribution is 5.58. The molecule has 0 radical (unpaired) electrons. The molecule has 0 bridgehead atoms. The molecule has 1 fully saturated rings. The van der Waals surface area contributed by atoms with Crippen LogP contribution in [0.1, 0.15) is 18.2 Å². The van der Waals surface area contributed by atoms with Gasteiger partial charge in [-0.25, -0.2) is 0 Å². The summed E-state index contributed by atoms with van der Waals surface area (Å²) in [4.78, 5) is 5.07. The van der Waals surface area contributed by atoms with E-state index in [9.17, 15) is 0 Å². The maximum absolute atomic E-state index is 6.19. The molecule has 0 saturated carbocycles. The smallest absolute Gasteiger partial charge is 0.134 e. The molecular formula is C20H26N2O2. The highest BCUT2D eigenvalue weighted by Crippen LogP contribution is 2.30. The second-order valence-corrected chi connectivity index (χ2v) is 6.91. The van der Waals surface area contributed by atoms with Crippen molar-refractivity contribution in [1.29, 1.82) is 0 Å². The maximum atomic E-state index is 6.19. The van der Waals surface area contributed by atoms with E-state index in [1.54, 1.807) is 0 Å². The third-order valence-electron chi connectivity index (χ3n) is 5.22. The summed E-state index contributed by atoms with van der Waals surface area (Å²) in [6, 6.07) is 13.2. The first-order chi connectivity index (χ1) is 11.8. The number of benzene rings is 1. The van der Waals surface area contributed by atoms with E-state index >= 15 is 0 Å². The van der Waals surface area contributed by atoms with Crippen molar-refractivity contribution in [3.8, 4) is 11.3 Å². The minimum atomic E-state index is 0.543. The Bertz CT molecular complexity index is 662. The van der Waals surface area contributed by atoms with Crippen LogP contribution in [0, 0.1) is 0 Å². The highest BCUT2D eigenvalue weighted by Gasteiger charge is 2.26. The van der Waals surface area contributed by atoms with Gasteiger partial charge in [-0.3, -0.25) is 9.80 Å². The van der Waals surface area contributed by atoms with Gasteiger partial charge in [-0.05, 0) is 25.0 Å². The number of ether oxygens (including phenoxy) is 1. The van der Waals surface area contributed by atoms with Crippen LogP contribution in [0.3, 0.4) is 0 Å². The number of rotatable bonds is 4. The summed E-state index contributed by atoms with van der Waals surface area (Å²) in [5, 5.41) is 0. The summed E-state index contributed by atoms with van der Waals surface area (Å²) in [7, 11) is 0. The van der Waals surface area contributed by atoms with Gasteiger partial charge in [-0.15, -0.1) is 0 Å². The number of morpholine rings is 1. The number of hydrogen-bond donors (Lipinski definition) is 0. The molecule has 1 aromatic carbocycles. The minimum Gasteiger partial charge on any atom is -0.459 e. The molecule has 0 aliphatic carbocycles. The summed E-state index contributed by atoms with van der Waals surface area (Å²) in [6.45, 7) is 9.35. The number of hydrogen-bond acceptors (Lipinski definition) is 4. The summed E-state index contributed by atoms with van der Waals surface area (Å²) >= 11 is 0. The molecule has 4 rings (SSSR count). The Morgan fingerprint density at radius 1 is 1.08 bits per heavy atom. The van der Waals surface area contributed by atoms with E-state index in [0.29, 0.717) is 6.04 Å². The van der Waals surface area contributed by atoms with Gasteiger partial charge in [0, 0.05) is 37.8 Å². The van der Waals surface area contributed by atoms with Gasteiger partial charge in [-0.1, -0.05) is 30.3 Å². The van der Waals surface area contributed by atoms with Crippen LogP contribution >= 0.6 is 0 Å². The van der Waals surface area contributed by atoms with Gasteiger partial charge in [0.25, 0.3) is 0 Å². The predicted molar refractivity (Wildman–Crippen MR) is 95.0 cm³/mol. The predicted octanol–water partition coefficient (Wildman–Crippen LogP) is 3.03. The van der Waals surface area contributed by atoms with E-state index < -0.39 is 0 Å². The van der Waals surface area contributed by atoms with Gasteiger partial charge in [0.1, 0.15) is 11.5 Å². The quantitative estimate of drug-likeness (QED) is 0.863. The van der Waals surface area contributed by atoms with Crippen molar-refractivity contribution in [2.45, 2.75) is 25.9 Å². The summed E-state index contributed by atoms with van der Waals surface area (Å²) in [5.41, 5.74) is 2.54. The van der Waals surface area contributed by atoms with Crippen LogP contribution in [-0.2, 0) is 17.7 Å². The van der Waals surface area contributed by atoms with Gasteiger partial charge >= 0.3 is 0 Å². The van der Waals surface area contributed by atoms with E-state index in [1.807, 2.05) is 6.07 Å². The Morgan fingerprint density at radius 2 is 1.88 bits per heavy atom. The van der Waals surface area contributed by atoms with Gasteiger partial charge < -0.3 is 9.15 Å². The standard InChI is InChI=1S/C20H26N2O2/c1-16(14-21-9-11-23-12-10-21)22-8-7-18-13-19(24-20(18)15-22)17-5-3-2-4-6-17/h2-6,13,16H,7-12,14-15H2,1H3. The lowest BCUT2D eigenvalue weighted by atomic mass is 10.0. The monoisotopic (exact) mass is 326 g/mol. The fraction of sp³-hybridized carbons (Fsp3) is 0.500. The molecule has 24 heavy (non-hydrogen) atoms. The normalized spacial score (nSPS) is 20.7. The molecule has 4 heteroatoms. The maximum Gasteiger partial charge on any atom is 0.134 e. The zero-order valence-electron chi connectivity index (χ0n) is 14.4. The Hall–Kier alpha value is -1.62. The number of nitrogens with zero attached hydrogens (tertiary/aromatic N) is 2. The van der Waals surface area contributed by atoms with E-state index in [1.165, 1.54) is 11.1 Å². The Balaban J connectivity index is 1.42. The van der Waals surface area contributed by atoms with E-state index in [0.717, 1.165) is 63.9 Å². The van der Waals surface area contributed by atoms with Crippen molar-refractivity contribution >= 4 is 0 Å². The molecule has 1 atom stereocenters. The first-order valence-electron chi connectivity index (χ1n) is 9.01. The average Bonchev–Trinajstić information content (AvgIpc) is 3.06. The summed E-state index contributed by atoms with van der Waals surface area (Å²) in [5.74, 6) is 2.15. The molecule has 0 amide bonds. The fourth-order valence-electron chi connectivity index (χ4n) is 3.73. The van der Waals surface area contributed by atoms with Gasteiger partial charge in [0.2, 0.25) is 0 Å². The van der Waals surface area contributed by atoms with E-state index in [2.05, 4.69) is 47.1 Å². The molecule has 1 saturated heterocycles. The van der Waals surface area contributed by atoms with Crippen molar-refractivity contribution in [2.75, 3.05) is 39.4 Å². The van der Waals surface area contributed by atoms with Crippen LogP contribution in [0.25, 0.3) is 11.3 Å². The molecule has 2 aliphatic rings. The second kappa shape index (κ2) is 7.09. The van der Waals surface area contributed by atoms with Crippen molar-refractivity contribution in [3.63, 3.8) is 0 Å². The molecular weight excluding hydrogens is 300 g/mol. The molecule has 1 aromatic heterocycles. The third kappa shape index (κ3) is 3.41. The molecule has 4 nitrogen and oxygen atoms in total. The molecule has 2 aliphatic heterocycles. The number of furan rings is 1. The average molecular weight is 326 g/mol. The van der Waals surface area contributed by atoms with Crippen LogP contribution in [0.2, 0.25) is 0 Å². The molecule has 1 unspecified atom stereocenters. The second-order valence-electron chi connectivity index (χ2n) is 6.91. The Labute approximate surface area is 144 Å². The highest BCUT2D eigenvalue weighted by atomic mass is 16.5. The third-order valence-corrected chi connectivity index (χ3v) is 5.22. The Kier molecular flexibility index (Phi) is 4.69. The van der Waals surface area contributed by atoms with E-state index in [-0.39, 0.29) is 0 Å². The minimum absolute atomic E-state index is 0.543. The SMILES string of the molecule is CC(CN1CCOCC1)N1CCc2cc(-c3ccccc3)oc2C1. The van der Waals surface area contributed by atoms with Crippen molar-refractivity contribution in [3.05, 3.63) is 47.7 Å². The van der Waals surface area contributed by atoms with Crippen LogP contribution in [0.4, 0.5) is 0 Å². The van der Waals surface area contributed by atoms with Crippen LogP contribution in [0.15, 0.2) is 40.8 Å². The van der Waals surface area contributed by atoms with Crippen molar-refractivity contribution in [1.82, 2.24) is 9.80 Å². The topological polar surface area (TPSA) is 28.9 Å². The largest absolute Gasteiger partial charge is 0.459 e. The van der Waals surface area contributed by atoms with Gasteiger partial charge in [-0.2, -0.15) is 0 Å². The molecule has 2 aromatic rings. The molecule has 128 valence electrons. The summed E-state index contributed by atoms with van der Waals surface area (Å²) < 4.78 is 11.6. The van der Waals surface area contributed by atoms with Gasteiger partial charge in [0.05, 0.1) is 19.8 Å². The van der Waals surface area contributed by atoms with Crippen molar-refractivity contribution < 1.29 is 9.15 Å². The Morgan fingerprint density at radius 3 is 2.67 bits per heavy atom. The zero-order chi connectivity index (χ0) is 16.4.